The van der Waals surface area contributed by atoms with Crippen molar-refractivity contribution in [2.45, 2.75) is 0 Å². The Bertz CT molecular complexity index is 1810. The SMILES string of the molecule is Fc1ccc(Oc2ccc(-c3ccn[nH]3)cc2)cc1.N#C[O-].NC(=O)n1ccc(-c2ccc(Oc3ccc(F)cc3)cc2)n1.[Na+]. The maximum Gasteiger partial charge on any atom is 1.00 e. The quantitative estimate of drug-likeness (QED) is 0.215. The maximum absolute atomic E-state index is 12.8. The van der Waals surface area contributed by atoms with Crippen molar-refractivity contribution in [2.24, 2.45) is 5.73 Å². The number of nitrogens with zero attached hydrogens (tertiary/aromatic N) is 4. The van der Waals surface area contributed by atoms with E-state index in [1.54, 1.807) is 48.7 Å². The van der Waals surface area contributed by atoms with Crippen molar-refractivity contribution in [1.29, 1.82) is 5.26 Å². The van der Waals surface area contributed by atoms with Crippen molar-refractivity contribution in [3.63, 3.8) is 0 Å². The Hall–Kier alpha value is -5.48. The van der Waals surface area contributed by atoms with Crippen molar-refractivity contribution in [3.8, 4) is 51.8 Å². The van der Waals surface area contributed by atoms with Gasteiger partial charge in [0.05, 0.1) is 11.4 Å². The Morgan fingerprint density at radius 3 is 1.56 bits per heavy atom. The predicted octanol–water partition coefficient (Wildman–Crippen LogP) is 3.25. The minimum absolute atomic E-state index is 0. The number of primary amides is 1. The van der Waals surface area contributed by atoms with E-state index in [2.05, 4.69) is 15.3 Å². The molecule has 0 spiro atoms. The molecule has 0 saturated carbocycles. The molecule has 4 aromatic carbocycles. The molecule has 0 unspecified atom stereocenters. The van der Waals surface area contributed by atoms with Gasteiger partial charge in [-0.1, -0.05) is 0 Å². The van der Waals surface area contributed by atoms with Crippen LogP contribution >= 0.6 is 0 Å². The number of benzene rings is 4. The Morgan fingerprint density at radius 2 is 1.18 bits per heavy atom. The second-order valence-electron chi connectivity index (χ2n) is 8.71. The summed E-state index contributed by atoms with van der Waals surface area (Å²) < 4.78 is 37.9. The number of nitrogens with one attached hydrogen (secondary N) is 1. The zero-order valence-corrected chi connectivity index (χ0v) is 25.8. The monoisotopic (exact) mass is 616 g/mol. The van der Waals surface area contributed by atoms with Gasteiger partial charge in [0.2, 0.25) is 0 Å². The summed E-state index contributed by atoms with van der Waals surface area (Å²) >= 11 is 0. The molecule has 0 saturated heterocycles. The Morgan fingerprint density at radius 1 is 0.756 bits per heavy atom. The molecule has 0 aliphatic carbocycles. The molecule has 0 atom stereocenters. The topological polar surface area (TPSA) is 155 Å². The summed E-state index contributed by atoms with van der Waals surface area (Å²) in [5.74, 6) is 1.89. The number of nitriles is 1. The van der Waals surface area contributed by atoms with Crippen molar-refractivity contribution in [1.82, 2.24) is 20.0 Å². The summed E-state index contributed by atoms with van der Waals surface area (Å²) in [5.41, 5.74) is 8.58. The number of hydrogen-bond donors (Lipinski definition) is 2. The van der Waals surface area contributed by atoms with Crippen LogP contribution in [0.1, 0.15) is 0 Å². The summed E-state index contributed by atoms with van der Waals surface area (Å²) in [5, 5.41) is 25.9. The molecule has 2 heterocycles. The number of rotatable bonds is 6. The van der Waals surface area contributed by atoms with Crippen LogP contribution in [0, 0.1) is 23.2 Å². The molecule has 2 aromatic heterocycles. The van der Waals surface area contributed by atoms with E-state index in [9.17, 15) is 13.6 Å². The Balaban J connectivity index is 0.000000223. The van der Waals surface area contributed by atoms with E-state index in [1.165, 1.54) is 30.5 Å². The predicted molar refractivity (Wildman–Crippen MR) is 155 cm³/mol. The third-order valence-electron chi connectivity index (χ3n) is 5.73. The fourth-order valence-corrected chi connectivity index (χ4v) is 3.69. The molecule has 3 N–H and O–H groups in total. The summed E-state index contributed by atoms with van der Waals surface area (Å²) in [6.45, 7) is 0. The van der Waals surface area contributed by atoms with Gasteiger partial charge in [-0.15, -0.1) is 0 Å². The maximum atomic E-state index is 12.8. The molecule has 1 amide bonds. The standard InChI is InChI=1S/C16H12FN3O2.C15H11FN2O.CHNO.Na/c17-12-3-7-14(8-4-12)22-13-5-1-11(2-6-13)15-9-10-20(19-15)16(18)21;16-12-3-7-14(8-4-12)19-13-5-1-11(2-6-13)15-9-10-17-18-15;2-1-3;/h1-10H,(H2,18,21);1-10H,(H,17,18);3H;/q;;;+1/p-1. The molecule has 0 aliphatic rings. The smallest absolute Gasteiger partial charge is 0.812 e. The summed E-state index contributed by atoms with van der Waals surface area (Å²) in [6.07, 6.45) is 3.71. The van der Waals surface area contributed by atoms with E-state index >= 15 is 0 Å². The first-order valence-corrected chi connectivity index (χ1v) is 12.8. The summed E-state index contributed by atoms with van der Waals surface area (Å²) in [6, 6.07) is 29.4. The van der Waals surface area contributed by atoms with E-state index in [0.29, 0.717) is 34.9 Å². The molecule has 45 heavy (non-hydrogen) atoms. The van der Waals surface area contributed by atoms with Gasteiger partial charge in [-0.3, -0.25) is 5.10 Å². The number of ether oxygens (including phenoxy) is 2. The van der Waals surface area contributed by atoms with Crippen LogP contribution in [0.15, 0.2) is 122 Å². The zero-order chi connectivity index (χ0) is 31.3. The Kier molecular flexibility index (Phi) is 12.8. The van der Waals surface area contributed by atoms with Crippen molar-refractivity contribution in [2.75, 3.05) is 0 Å². The molecule has 220 valence electrons. The van der Waals surface area contributed by atoms with Gasteiger partial charge in [0, 0.05) is 24.2 Å². The Labute approximate surface area is 278 Å². The van der Waals surface area contributed by atoms with Gasteiger partial charge >= 0.3 is 35.6 Å². The third-order valence-corrected chi connectivity index (χ3v) is 5.73. The van der Waals surface area contributed by atoms with Gasteiger partial charge in [0.1, 0.15) is 34.6 Å². The number of carbonyl (C=O) groups is 1. The number of aromatic nitrogens is 4. The van der Waals surface area contributed by atoms with Crippen LogP contribution in [0.5, 0.6) is 23.0 Å². The first-order valence-electron chi connectivity index (χ1n) is 12.8. The van der Waals surface area contributed by atoms with Gasteiger partial charge < -0.3 is 20.3 Å². The van der Waals surface area contributed by atoms with Gasteiger partial charge in [-0.05, 0) is 115 Å². The molecule has 6 rings (SSSR count). The molecule has 0 aliphatic heterocycles. The molecular formula is C32H23F2N6NaO4. The molecule has 0 fully saturated rings. The molecule has 13 heteroatoms. The van der Waals surface area contributed by atoms with E-state index in [0.717, 1.165) is 21.5 Å². The average molecular weight is 617 g/mol. The van der Waals surface area contributed by atoms with Crippen molar-refractivity contribution < 1.29 is 57.7 Å². The van der Waals surface area contributed by atoms with Gasteiger partial charge in [0.25, 0.3) is 0 Å². The first kappa shape index (κ1) is 34.0. The molecule has 0 radical (unpaired) electrons. The van der Waals surface area contributed by atoms with E-state index < -0.39 is 6.03 Å². The van der Waals surface area contributed by atoms with Crippen LogP contribution in [-0.4, -0.2) is 26.0 Å². The molecular weight excluding hydrogens is 593 g/mol. The van der Waals surface area contributed by atoms with Crippen LogP contribution in [0.3, 0.4) is 0 Å². The van der Waals surface area contributed by atoms with Crippen molar-refractivity contribution in [3.05, 3.63) is 133 Å². The summed E-state index contributed by atoms with van der Waals surface area (Å²) in [7, 11) is 0. The van der Waals surface area contributed by atoms with Gasteiger partial charge in [-0.2, -0.15) is 14.9 Å². The minimum atomic E-state index is -0.637. The number of H-pyrrole nitrogens is 1. The van der Waals surface area contributed by atoms with Crippen LogP contribution in [0.2, 0.25) is 0 Å². The number of hydrogen-bond acceptors (Lipinski definition) is 7. The van der Waals surface area contributed by atoms with Gasteiger partial charge in [-0.25, -0.2) is 18.8 Å². The number of nitrogens with two attached hydrogens (primary N) is 1. The number of amides is 1. The summed E-state index contributed by atoms with van der Waals surface area (Å²) in [4.78, 5) is 11.0. The number of aromatic amines is 1. The van der Waals surface area contributed by atoms with Crippen LogP contribution in [-0.2, 0) is 0 Å². The number of halogens is 2. The normalized spacial score (nSPS) is 9.62. The fraction of sp³-hybridized carbons (Fsp3) is 0. The number of carbonyl (C=O) groups excluding carboxylic acids is 1. The third kappa shape index (κ3) is 10.3. The van der Waals surface area contributed by atoms with Crippen LogP contribution in [0.4, 0.5) is 13.6 Å². The van der Waals surface area contributed by atoms with Crippen molar-refractivity contribution >= 4 is 6.03 Å². The van der Waals surface area contributed by atoms with E-state index in [1.807, 2.05) is 42.5 Å². The largest absolute Gasteiger partial charge is 1.00 e. The van der Waals surface area contributed by atoms with E-state index in [4.69, 9.17) is 25.6 Å². The van der Waals surface area contributed by atoms with Gasteiger partial charge in [0.15, 0.2) is 0 Å². The van der Waals surface area contributed by atoms with Crippen LogP contribution in [0.25, 0.3) is 22.5 Å². The molecule has 0 bridgehead atoms. The zero-order valence-electron chi connectivity index (χ0n) is 23.8. The second kappa shape index (κ2) is 17.0. The van der Waals surface area contributed by atoms with E-state index in [-0.39, 0.29) is 41.2 Å². The fourth-order valence-electron chi connectivity index (χ4n) is 3.69. The molecule has 10 nitrogen and oxygen atoms in total. The second-order valence-corrected chi connectivity index (χ2v) is 8.71. The van der Waals surface area contributed by atoms with Crippen LogP contribution < -0.4 is 49.9 Å². The minimum Gasteiger partial charge on any atom is -0.812 e. The first-order chi connectivity index (χ1) is 21.3. The average Bonchev–Trinajstić information content (AvgIpc) is 3.75. The molecule has 6 aromatic rings.